The van der Waals surface area contributed by atoms with Crippen LogP contribution in [0.5, 0.6) is 0 Å². The molecule has 1 aromatic carbocycles. The summed E-state index contributed by atoms with van der Waals surface area (Å²) < 4.78 is 29.5. The number of anilines is 1. The van der Waals surface area contributed by atoms with Crippen LogP contribution in [0.1, 0.15) is 12.8 Å². The predicted octanol–water partition coefficient (Wildman–Crippen LogP) is 2.25. The molecule has 2 fully saturated rings. The molecular formula is C19H30ClIN4O3S. The van der Waals surface area contributed by atoms with E-state index in [9.17, 15) is 8.42 Å². The number of para-hydroxylation sites is 1. The maximum Gasteiger partial charge on any atom is 0.193 e. The Morgan fingerprint density at radius 1 is 1.21 bits per heavy atom. The lowest BCUT2D eigenvalue weighted by molar-refractivity contribution is 0.0754. The highest BCUT2D eigenvalue weighted by atomic mass is 127. The van der Waals surface area contributed by atoms with Crippen molar-refractivity contribution in [2.45, 2.75) is 17.6 Å². The third-order valence-corrected chi connectivity index (χ3v) is 8.19. The van der Waals surface area contributed by atoms with E-state index >= 15 is 0 Å². The summed E-state index contributed by atoms with van der Waals surface area (Å²) in [6, 6.07) is 7.86. The van der Waals surface area contributed by atoms with E-state index in [4.69, 9.17) is 16.3 Å². The number of sulfone groups is 1. The van der Waals surface area contributed by atoms with E-state index in [-0.39, 0.29) is 24.0 Å². The summed E-state index contributed by atoms with van der Waals surface area (Å²) in [5, 5.41) is 4.08. The zero-order valence-corrected chi connectivity index (χ0v) is 20.8. The Balaban J connectivity index is 0.00000300. The number of ether oxygens (including phenoxy) is 1. The average molecular weight is 557 g/mol. The van der Waals surface area contributed by atoms with E-state index in [2.05, 4.69) is 20.1 Å². The number of rotatable bonds is 4. The number of nitrogens with one attached hydrogen (secondary N) is 1. The molecule has 2 saturated heterocycles. The molecule has 10 heteroatoms. The van der Waals surface area contributed by atoms with Crippen LogP contribution in [0, 0.1) is 0 Å². The van der Waals surface area contributed by atoms with Gasteiger partial charge in [0.25, 0.3) is 0 Å². The van der Waals surface area contributed by atoms with Gasteiger partial charge in [-0.05, 0) is 25.0 Å². The highest BCUT2D eigenvalue weighted by Gasteiger charge is 2.42. The van der Waals surface area contributed by atoms with E-state index in [0.29, 0.717) is 32.6 Å². The van der Waals surface area contributed by atoms with Crippen molar-refractivity contribution < 1.29 is 13.2 Å². The Kier molecular flexibility index (Phi) is 8.87. The minimum absolute atomic E-state index is 0. The first-order valence-corrected chi connectivity index (χ1v) is 11.9. The predicted molar refractivity (Wildman–Crippen MR) is 130 cm³/mol. The van der Waals surface area contributed by atoms with Gasteiger partial charge in [-0.25, -0.2) is 8.42 Å². The van der Waals surface area contributed by atoms with Crippen molar-refractivity contribution in [2.75, 3.05) is 64.1 Å². The number of piperazine rings is 1. The minimum atomic E-state index is -3.21. The Labute approximate surface area is 195 Å². The van der Waals surface area contributed by atoms with Crippen LogP contribution in [0.4, 0.5) is 5.69 Å². The largest absolute Gasteiger partial charge is 0.381 e. The number of halogens is 2. The van der Waals surface area contributed by atoms with Gasteiger partial charge in [-0.3, -0.25) is 4.99 Å². The van der Waals surface area contributed by atoms with Crippen molar-refractivity contribution in [3.05, 3.63) is 29.3 Å². The van der Waals surface area contributed by atoms with Gasteiger partial charge in [0, 0.05) is 59.2 Å². The molecule has 2 heterocycles. The summed E-state index contributed by atoms with van der Waals surface area (Å²) >= 11 is 6.32. The molecular weight excluding hydrogens is 527 g/mol. The summed E-state index contributed by atoms with van der Waals surface area (Å²) in [6.07, 6.45) is 2.34. The van der Waals surface area contributed by atoms with Crippen LogP contribution in [-0.4, -0.2) is 83.3 Å². The molecule has 29 heavy (non-hydrogen) atoms. The number of aliphatic imine (C=N–C) groups is 1. The Hall–Kier alpha value is -0.780. The molecule has 0 atom stereocenters. The standard InChI is InChI=1S/C19H29ClN4O3S.HI/c1-21-18(22-15-19(28(2,25)26)7-13-27-14-8-19)24-11-9-23(10-12-24)17-6-4-3-5-16(17)20;/h3-6H,7-15H2,1-2H3,(H,21,22);1H. The summed E-state index contributed by atoms with van der Waals surface area (Å²) in [4.78, 5) is 8.82. The van der Waals surface area contributed by atoms with Crippen molar-refractivity contribution in [1.29, 1.82) is 0 Å². The van der Waals surface area contributed by atoms with Crippen LogP contribution in [0.15, 0.2) is 29.3 Å². The number of guanidine groups is 1. The second-order valence-corrected chi connectivity index (χ2v) is 10.2. The molecule has 0 saturated carbocycles. The monoisotopic (exact) mass is 556 g/mol. The lowest BCUT2D eigenvalue weighted by atomic mass is 9.99. The molecule has 0 bridgehead atoms. The first-order chi connectivity index (χ1) is 13.4. The van der Waals surface area contributed by atoms with Gasteiger partial charge in [-0.15, -0.1) is 24.0 Å². The second kappa shape index (κ2) is 10.5. The number of nitrogens with zero attached hydrogens (tertiary/aromatic N) is 3. The first kappa shape index (κ1) is 24.5. The second-order valence-electron chi connectivity index (χ2n) is 7.39. The summed E-state index contributed by atoms with van der Waals surface area (Å²) in [5.74, 6) is 0.744. The molecule has 1 aromatic rings. The van der Waals surface area contributed by atoms with Crippen molar-refractivity contribution in [3.8, 4) is 0 Å². The van der Waals surface area contributed by atoms with E-state index in [1.165, 1.54) is 6.26 Å². The number of benzene rings is 1. The lowest BCUT2D eigenvalue weighted by Crippen LogP contribution is -2.57. The molecule has 0 amide bonds. The fourth-order valence-electron chi connectivity index (χ4n) is 3.86. The number of hydrogen-bond donors (Lipinski definition) is 1. The highest BCUT2D eigenvalue weighted by Crippen LogP contribution is 2.29. The molecule has 0 aromatic heterocycles. The molecule has 2 aliphatic rings. The van der Waals surface area contributed by atoms with Crippen LogP contribution in [0.25, 0.3) is 0 Å². The lowest BCUT2D eigenvalue weighted by Gasteiger charge is -2.40. The van der Waals surface area contributed by atoms with Gasteiger partial charge in [0.15, 0.2) is 15.8 Å². The van der Waals surface area contributed by atoms with Crippen LogP contribution >= 0.6 is 35.6 Å². The molecule has 0 spiro atoms. The van der Waals surface area contributed by atoms with E-state index < -0.39 is 14.6 Å². The quantitative estimate of drug-likeness (QED) is 0.348. The van der Waals surface area contributed by atoms with Gasteiger partial charge in [-0.1, -0.05) is 23.7 Å². The van der Waals surface area contributed by atoms with Gasteiger partial charge in [0.1, 0.15) is 0 Å². The van der Waals surface area contributed by atoms with Crippen LogP contribution in [-0.2, 0) is 14.6 Å². The Bertz CT molecular complexity index is 807. The fourth-order valence-corrected chi connectivity index (χ4v) is 5.36. The highest BCUT2D eigenvalue weighted by molar-refractivity contribution is 14.0. The maximum absolute atomic E-state index is 12.4. The van der Waals surface area contributed by atoms with Crippen LogP contribution < -0.4 is 10.2 Å². The van der Waals surface area contributed by atoms with E-state index in [1.54, 1.807) is 7.05 Å². The fraction of sp³-hybridized carbons (Fsp3) is 0.632. The van der Waals surface area contributed by atoms with E-state index in [0.717, 1.165) is 42.8 Å². The van der Waals surface area contributed by atoms with Crippen molar-refractivity contribution >= 4 is 57.1 Å². The van der Waals surface area contributed by atoms with Crippen LogP contribution in [0.2, 0.25) is 5.02 Å². The summed E-state index contributed by atoms with van der Waals surface area (Å²) in [5.41, 5.74) is 1.05. The third-order valence-electron chi connectivity index (χ3n) is 5.74. The van der Waals surface area contributed by atoms with E-state index in [1.807, 2.05) is 24.3 Å². The average Bonchev–Trinajstić information content (AvgIpc) is 2.69. The SMILES string of the molecule is CN=C(NCC1(S(C)(=O)=O)CCOCC1)N1CCN(c2ccccc2Cl)CC1.I. The van der Waals surface area contributed by atoms with Crippen molar-refractivity contribution in [3.63, 3.8) is 0 Å². The molecule has 1 N–H and O–H groups in total. The van der Waals surface area contributed by atoms with Crippen molar-refractivity contribution in [2.24, 2.45) is 4.99 Å². The smallest absolute Gasteiger partial charge is 0.193 e. The zero-order valence-electron chi connectivity index (χ0n) is 16.9. The number of hydrogen-bond acceptors (Lipinski definition) is 5. The van der Waals surface area contributed by atoms with Gasteiger partial charge in [-0.2, -0.15) is 0 Å². The van der Waals surface area contributed by atoms with Crippen molar-refractivity contribution in [1.82, 2.24) is 10.2 Å². The zero-order chi connectivity index (χ0) is 20.2. The third kappa shape index (κ3) is 5.68. The van der Waals surface area contributed by atoms with Crippen LogP contribution in [0.3, 0.4) is 0 Å². The minimum Gasteiger partial charge on any atom is -0.381 e. The molecule has 0 unspecified atom stereocenters. The summed E-state index contributed by atoms with van der Waals surface area (Å²) in [6.45, 7) is 4.55. The van der Waals surface area contributed by atoms with Gasteiger partial charge in [0.2, 0.25) is 0 Å². The molecule has 3 rings (SSSR count). The topological polar surface area (TPSA) is 74.2 Å². The molecule has 7 nitrogen and oxygen atoms in total. The Morgan fingerprint density at radius 2 is 1.83 bits per heavy atom. The normalized spacial score (nSPS) is 20.2. The maximum atomic E-state index is 12.4. The molecule has 0 aliphatic carbocycles. The summed E-state index contributed by atoms with van der Waals surface area (Å²) in [7, 11) is -1.47. The molecule has 0 radical (unpaired) electrons. The van der Waals surface area contributed by atoms with Gasteiger partial charge in [0.05, 0.1) is 15.5 Å². The van der Waals surface area contributed by atoms with Gasteiger partial charge < -0.3 is 19.9 Å². The first-order valence-electron chi connectivity index (χ1n) is 9.59. The Morgan fingerprint density at radius 3 is 2.38 bits per heavy atom. The van der Waals surface area contributed by atoms with Gasteiger partial charge >= 0.3 is 0 Å². The molecule has 2 aliphatic heterocycles. The molecule has 164 valence electrons.